The van der Waals surface area contributed by atoms with Crippen molar-refractivity contribution in [3.8, 4) is 5.75 Å². The van der Waals surface area contributed by atoms with Crippen LogP contribution in [0.15, 0.2) is 77.9 Å². The van der Waals surface area contributed by atoms with Crippen LogP contribution in [0.2, 0.25) is 10.0 Å². The highest BCUT2D eigenvalue weighted by Gasteiger charge is 2.14. The van der Waals surface area contributed by atoms with Gasteiger partial charge in [-0.05, 0) is 53.6 Å². The minimum Gasteiger partial charge on any atom is -0.489 e. The number of anilines is 1. The van der Waals surface area contributed by atoms with Crippen LogP contribution in [0.1, 0.15) is 11.1 Å². The van der Waals surface area contributed by atoms with Crippen molar-refractivity contribution in [2.75, 3.05) is 5.32 Å². The zero-order valence-electron chi connectivity index (χ0n) is 15.6. The van der Waals surface area contributed by atoms with E-state index >= 15 is 0 Å². The number of benzene rings is 3. The predicted octanol–water partition coefficient (Wildman–Crippen LogP) is 4.66. The second-order valence-electron chi connectivity index (χ2n) is 6.12. The molecule has 0 saturated carbocycles. The molecule has 0 atom stereocenters. The number of carbonyl (C=O) groups excluding carboxylic acids is 2. The summed E-state index contributed by atoms with van der Waals surface area (Å²) in [5.74, 6) is -1.15. The van der Waals surface area contributed by atoms with Gasteiger partial charge in [-0.25, -0.2) is 5.43 Å². The SMILES string of the molecule is O=C(N/N=C\c1ccc(OCc2ccccc2)cc1)C(=O)Nc1cc(Cl)ccc1Cl. The molecule has 3 rings (SSSR count). The van der Waals surface area contributed by atoms with Crippen molar-refractivity contribution < 1.29 is 14.3 Å². The molecule has 0 radical (unpaired) electrons. The molecule has 0 unspecified atom stereocenters. The molecule has 0 aliphatic heterocycles. The van der Waals surface area contributed by atoms with Crippen LogP contribution in [0, 0.1) is 0 Å². The van der Waals surface area contributed by atoms with Crippen molar-refractivity contribution in [2.24, 2.45) is 5.10 Å². The first-order valence-electron chi connectivity index (χ1n) is 8.87. The Morgan fingerprint density at radius 3 is 2.40 bits per heavy atom. The Morgan fingerprint density at radius 1 is 0.933 bits per heavy atom. The van der Waals surface area contributed by atoms with E-state index in [0.29, 0.717) is 17.4 Å². The molecule has 0 aliphatic carbocycles. The van der Waals surface area contributed by atoms with Crippen molar-refractivity contribution in [1.82, 2.24) is 5.43 Å². The molecule has 0 spiro atoms. The number of hydrogen-bond donors (Lipinski definition) is 2. The largest absolute Gasteiger partial charge is 0.489 e. The average Bonchev–Trinajstić information content (AvgIpc) is 2.76. The second kappa shape index (κ2) is 10.4. The quantitative estimate of drug-likeness (QED) is 0.331. The maximum atomic E-state index is 11.9. The number of ether oxygens (including phenoxy) is 1. The van der Waals surface area contributed by atoms with E-state index in [-0.39, 0.29) is 10.7 Å². The molecule has 0 heterocycles. The number of hydrazone groups is 1. The molecule has 0 fully saturated rings. The van der Waals surface area contributed by atoms with E-state index in [2.05, 4.69) is 15.8 Å². The molecule has 152 valence electrons. The van der Waals surface area contributed by atoms with Crippen LogP contribution in [0.3, 0.4) is 0 Å². The first kappa shape index (κ1) is 21.4. The molecule has 2 amide bonds. The van der Waals surface area contributed by atoms with Crippen LogP contribution in [-0.4, -0.2) is 18.0 Å². The number of nitrogens with one attached hydrogen (secondary N) is 2. The fraction of sp³-hybridized carbons (Fsp3) is 0.0455. The van der Waals surface area contributed by atoms with Gasteiger partial charge in [-0.3, -0.25) is 9.59 Å². The normalized spacial score (nSPS) is 10.6. The van der Waals surface area contributed by atoms with Gasteiger partial charge in [0.1, 0.15) is 12.4 Å². The molecule has 0 saturated heterocycles. The summed E-state index contributed by atoms with van der Waals surface area (Å²) in [6.07, 6.45) is 1.42. The van der Waals surface area contributed by atoms with Crippen molar-refractivity contribution in [3.05, 3.63) is 94.0 Å². The van der Waals surface area contributed by atoms with Crippen LogP contribution in [0.5, 0.6) is 5.75 Å². The lowest BCUT2D eigenvalue weighted by Gasteiger charge is -2.07. The molecule has 30 heavy (non-hydrogen) atoms. The van der Waals surface area contributed by atoms with Gasteiger partial charge in [-0.2, -0.15) is 5.10 Å². The van der Waals surface area contributed by atoms with E-state index in [9.17, 15) is 9.59 Å². The average molecular weight is 442 g/mol. The molecular weight excluding hydrogens is 425 g/mol. The monoisotopic (exact) mass is 441 g/mol. The number of hydrogen-bond acceptors (Lipinski definition) is 4. The zero-order chi connectivity index (χ0) is 21.3. The third-order valence-corrected chi connectivity index (χ3v) is 4.46. The second-order valence-corrected chi connectivity index (χ2v) is 6.96. The Labute approximate surface area is 183 Å². The van der Waals surface area contributed by atoms with Crippen molar-refractivity contribution in [2.45, 2.75) is 6.61 Å². The lowest BCUT2D eigenvalue weighted by molar-refractivity contribution is -0.136. The molecule has 6 nitrogen and oxygen atoms in total. The van der Waals surface area contributed by atoms with E-state index in [0.717, 1.165) is 11.1 Å². The van der Waals surface area contributed by atoms with E-state index in [4.69, 9.17) is 27.9 Å². The summed E-state index contributed by atoms with van der Waals surface area (Å²) in [6.45, 7) is 0.468. The van der Waals surface area contributed by atoms with E-state index in [1.807, 2.05) is 30.3 Å². The zero-order valence-corrected chi connectivity index (χ0v) is 17.2. The minimum atomic E-state index is -0.940. The predicted molar refractivity (Wildman–Crippen MR) is 118 cm³/mol. The van der Waals surface area contributed by atoms with Crippen LogP contribution >= 0.6 is 23.2 Å². The third-order valence-electron chi connectivity index (χ3n) is 3.89. The fourth-order valence-corrected chi connectivity index (χ4v) is 2.72. The number of halogens is 2. The minimum absolute atomic E-state index is 0.236. The van der Waals surface area contributed by atoms with Crippen LogP contribution in [0.25, 0.3) is 0 Å². The van der Waals surface area contributed by atoms with Crippen LogP contribution in [0.4, 0.5) is 5.69 Å². The van der Waals surface area contributed by atoms with Crippen molar-refractivity contribution >= 4 is 46.9 Å². The van der Waals surface area contributed by atoms with Gasteiger partial charge in [0, 0.05) is 5.02 Å². The molecular formula is C22H17Cl2N3O3. The standard InChI is InChI=1S/C22H17Cl2N3O3/c23-17-8-11-19(24)20(12-17)26-21(28)22(29)27-25-13-15-6-9-18(10-7-15)30-14-16-4-2-1-3-5-16/h1-13H,14H2,(H,26,28)(H,27,29)/b25-13-. The van der Waals surface area contributed by atoms with Crippen molar-refractivity contribution in [3.63, 3.8) is 0 Å². The maximum absolute atomic E-state index is 11.9. The summed E-state index contributed by atoms with van der Waals surface area (Å²) in [7, 11) is 0. The van der Waals surface area contributed by atoms with Crippen LogP contribution in [-0.2, 0) is 16.2 Å². The summed E-state index contributed by atoms with van der Waals surface area (Å²) >= 11 is 11.8. The topological polar surface area (TPSA) is 79.8 Å². The van der Waals surface area contributed by atoms with Crippen molar-refractivity contribution in [1.29, 1.82) is 0 Å². The summed E-state index contributed by atoms with van der Waals surface area (Å²) in [4.78, 5) is 23.8. The van der Waals surface area contributed by atoms with Gasteiger partial charge in [-0.15, -0.1) is 0 Å². The Kier molecular flexibility index (Phi) is 7.43. The molecule has 8 heteroatoms. The Morgan fingerprint density at radius 2 is 1.67 bits per heavy atom. The first-order chi connectivity index (χ1) is 14.5. The van der Waals surface area contributed by atoms with E-state index in [1.165, 1.54) is 18.3 Å². The summed E-state index contributed by atoms with van der Waals surface area (Å²) in [5.41, 5.74) is 4.19. The van der Waals surface area contributed by atoms with E-state index in [1.54, 1.807) is 30.3 Å². The molecule has 3 aromatic carbocycles. The lowest BCUT2D eigenvalue weighted by atomic mass is 10.2. The number of rotatable bonds is 6. The highest BCUT2D eigenvalue weighted by molar-refractivity contribution is 6.42. The van der Waals surface area contributed by atoms with Gasteiger partial charge >= 0.3 is 11.8 Å². The van der Waals surface area contributed by atoms with Gasteiger partial charge in [0.05, 0.1) is 16.9 Å². The highest BCUT2D eigenvalue weighted by atomic mass is 35.5. The summed E-state index contributed by atoms with van der Waals surface area (Å²) in [6, 6.07) is 21.5. The molecule has 3 aromatic rings. The van der Waals surface area contributed by atoms with Gasteiger partial charge in [0.2, 0.25) is 0 Å². The van der Waals surface area contributed by atoms with Gasteiger partial charge in [-0.1, -0.05) is 53.5 Å². The number of carbonyl (C=O) groups is 2. The fourth-order valence-electron chi connectivity index (χ4n) is 2.38. The first-order valence-corrected chi connectivity index (χ1v) is 9.63. The van der Waals surface area contributed by atoms with Gasteiger partial charge in [0.25, 0.3) is 0 Å². The molecule has 0 aromatic heterocycles. The molecule has 0 bridgehead atoms. The molecule has 0 aliphatic rings. The Hall–Kier alpha value is -3.35. The Bertz CT molecular complexity index is 1050. The number of nitrogens with zero attached hydrogens (tertiary/aromatic N) is 1. The van der Waals surface area contributed by atoms with E-state index < -0.39 is 11.8 Å². The number of amides is 2. The lowest BCUT2D eigenvalue weighted by Crippen LogP contribution is -2.32. The summed E-state index contributed by atoms with van der Waals surface area (Å²) in [5, 5.41) is 6.80. The Balaban J connectivity index is 1.48. The molecule has 2 N–H and O–H groups in total. The third kappa shape index (κ3) is 6.34. The summed E-state index contributed by atoms with van der Waals surface area (Å²) < 4.78 is 5.71. The van der Waals surface area contributed by atoms with Gasteiger partial charge < -0.3 is 10.1 Å². The highest BCUT2D eigenvalue weighted by Crippen LogP contribution is 2.25. The maximum Gasteiger partial charge on any atom is 0.329 e. The van der Waals surface area contributed by atoms with Gasteiger partial charge in [0.15, 0.2) is 0 Å². The smallest absolute Gasteiger partial charge is 0.329 e. The van der Waals surface area contributed by atoms with Crippen LogP contribution < -0.4 is 15.5 Å².